The summed E-state index contributed by atoms with van der Waals surface area (Å²) >= 11 is 0. The second-order valence-corrected chi connectivity index (χ2v) is 7.06. The maximum atomic E-state index is 12.3. The molecule has 2 rings (SSSR count). The van der Waals surface area contributed by atoms with Crippen molar-refractivity contribution in [1.82, 2.24) is 0 Å². The van der Waals surface area contributed by atoms with Crippen LogP contribution in [0.3, 0.4) is 0 Å². The van der Waals surface area contributed by atoms with Crippen molar-refractivity contribution in [2.45, 2.75) is 17.9 Å². The van der Waals surface area contributed by atoms with Gasteiger partial charge in [-0.25, -0.2) is 8.42 Å². The Morgan fingerprint density at radius 2 is 1.84 bits per heavy atom. The van der Waals surface area contributed by atoms with Crippen LogP contribution >= 0.6 is 0 Å². The molecule has 0 saturated carbocycles. The summed E-state index contributed by atoms with van der Waals surface area (Å²) in [7, 11) is -3.24. The SMILES string of the molecule is C[C@@H](CS(=O)(=O)c1ccc(N)cc1)[NH+]1CCOCC1. The molecule has 1 aromatic rings. The number of nitrogens with one attached hydrogen (secondary N) is 1. The monoisotopic (exact) mass is 285 g/mol. The average molecular weight is 285 g/mol. The number of hydrogen-bond donors (Lipinski definition) is 2. The summed E-state index contributed by atoms with van der Waals surface area (Å²) in [4.78, 5) is 1.64. The third-order valence-corrected chi connectivity index (χ3v) is 5.47. The Labute approximate surface area is 114 Å². The molecule has 1 saturated heterocycles. The molecule has 0 radical (unpaired) electrons. The molecule has 1 aliphatic rings. The van der Waals surface area contributed by atoms with Crippen molar-refractivity contribution in [3.8, 4) is 0 Å². The summed E-state index contributed by atoms with van der Waals surface area (Å²) in [5, 5.41) is 0. The maximum Gasteiger partial charge on any atom is 0.184 e. The zero-order valence-electron chi connectivity index (χ0n) is 11.1. The number of nitrogens with two attached hydrogens (primary N) is 1. The molecular weight excluding hydrogens is 264 g/mol. The maximum absolute atomic E-state index is 12.3. The molecule has 19 heavy (non-hydrogen) atoms. The van der Waals surface area contributed by atoms with Gasteiger partial charge in [-0.1, -0.05) is 0 Å². The highest BCUT2D eigenvalue weighted by Gasteiger charge is 2.27. The Balaban J connectivity index is 2.05. The van der Waals surface area contributed by atoms with Gasteiger partial charge in [-0.2, -0.15) is 0 Å². The summed E-state index contributed by atoms with van der Waals surface area (Å²) < 4.78 is 29.9. The molecule has 0 aromatic heterocycles. The van der Waals surface area contributed by atoms with Crippen LogP contribution in [-0.4, -0.2) is 46.5 Å². The molecule has 0 spiro atoms. The van der Waals surface area contributed by atoms with Gasteiger partial charge in [0.2, 0.25) is 0 Å². The van der Waals surface area contributed by atoms with E-state index >= 15 is 0 Å². The lowest BCUT2D eigenvalue weighted by atomic mass is 10.3. The van der Waals surface area contributed by atoms with Crippen LogP contribution in [0.15, 0.2) is 29.2 Å². The third kappa shape index (κ3) is 3.68. The van der Waals surface area contributed by atoms with Gasteiger partial charge in [0.15, 0.2) is 9.84 Å². The Bertz CT molecular complexity index is 507. The lowest BCUT2D eigenvalue weighted by Gasteiger charge is -2.29. The highest BCUT2D eigenvalue weighted by atomic mass is 32.2. The number of benzene rings is 1. The zero-order valence-corrected chi connectivity index (χ0v) is 11.9. The number of morpholine rings is 1. The van der Waals surface area contributed by atoms with E-state index in [0.29, 0.717) is 23.8 Å². The van der Waals surface area contributed by atoms with Gasteiger partial charge >= 0.3 is 0 Å². The van der Waals surface area contributed by atoms with Gasteiger partial charge in [0.05, 0.1) is 24.2 Å². The standard InChI is InChI=1S/C13H20N2O3S/c1-11(15-6-8-18-9-7-15)10-19(16,17)13-4-2-12(14)3-5-13/h2-5,11H,6-10,14H2,1H3/p+1/t11-/m0/s1. The number of hydrogen-bond acceptors (Lipinski definition) is 4. The molecule has 0 aliphatic carbocycles. The van der Waals surface area contributed by atoms with E-state index in [1.807, 2.05) is 6.92 Å². The van der Waals surface area contributed by atoms with Gasteiger partial charge in [0.1, 0.15) is 18.8 Å². The minimum absolute atomic E-state index is 0.0754. The van der Waals surface area contributed by atoms with Gasteiger partial charge in [-0.15, -0.1) is 0 Å². The first kappa shape index (κ1) is 14.3. The van der Waals surface area contributed by atoms with Crippen molar-refractivity contribution in [1.29, 1.82) is 0 Å². The molecule has 3 N–H and O–H groups in total. The number of nitrogen functional groups attached to an aromatic ring is 1. The fraction of sp³-hybridized carbons (Fsp3) is 0.538. The van der Waals surface area contributed by atoms with E-state index in [9.17, 15) is 8.42 Å². The van der Waals surface area contributed by atoms with Gasteiger partial charge in [-0.05, 0) is 31.2 Å². The summed E-state index contributed by atoms with van der Waals surface area (Å²) in [6.45, 7) is 5.15. The molecule has 1 aliphatic heterocycles. The van der Waals surface area contributed by atoms with Gasteiger partial charge in [0, 0.05) is 5.69 Å². The van der Waals surface area contributed by atoms with E-state index in [0.717, 1.165) is 13.1 Å². The molecule has 0 bridgehead atoms. The van der Waals surface area contributed by atoms with Crippen LogP contribution in [0.5, 0.6) is 0 Å². The largest absolute Gasteiger partial charge is 0.399 e. The van der Waals surface area contributed by atoms with E-state index in [4.69, 9.17) is 10.5 Å². The van der Waals surface area contributed by atoms with Crippen LogP contribution in [0, 0.1) is 0 Å². The summed E-state index contributed by atoms with van der Waals surface area (Å²) in [6, 6.07) is 6.47. The first-order valence-electron chi connectivity index (χ1n) is 6.49. The lowest BCUT2D eigenvalue weighted by Crippen LogP contribution is -3.17. The van der Waals surface area contributed by atoms with Crippen molar-refractivity contribution in [2.75, 3.05) is 37.8 Å². The van der Waals surface area contributed by atoms with Crippen molar-refractivity contribution < 1.29 is 18.1 Å². The van der Waals surface area contributed by atoms with E-state index in [2.05, 4.69) is 0 Å². The minimum atomic E-state index is -3.24. The number of quaternary nitrogens is 1. The van der Waals surface area contributed by atoms with Gasteiger partial charge in [-0.3, -0.25) is 0 Å². The quantitative estimate of drug-likeness (QED) is 0.721. The van der Waals surface area contributed by atoms with Crippen LogP contribution in [-0.2, 0) is 14.6 Å². The van der Waals surface area contributed by atoms with Gasteiger partial charge < -0.3 is 15.4 Å². The third-order valence-electron chi connectivity index (χ3n) is 3.54. The van der Waals surface area contributed by atoms with Gasteiger partial charge in [0.25, 0.3) is 0 Å². The highest BCUT2D eigenvalue weighted by molar-refractivity contribution is 7.91. The van der Waals surface area contributed by atoms with E-state index in [-0.39, 0.29) is 11.8 Å². The zero-order chi connectivity index (χ0) is 13.9. The van der Waals surface area contributed by atoms with Crippen molar-refractivity contribution in [3.63, 3.8) is 0 Å². The van der Waals surface area contributed by atoms with Crippen LogP contribution in [0.1, 0.15) is 6.92 Å². The van der Waals surface area contributed by atoms with Crippen LogP contribution < -0.4 is 10.6 Å². The van der Waals surface area contributed by atoms with E-state index < -0.39 is 9.84 Å². The van der Waals surface area contributed by atoms with Crippen molar-refractivity contribution in [2.24, 2.45) is 0 Å². The molecule has 106 valence electrons. The lowest BCUT2D eigenvalue weighted by molar-refractivity contribution is -0.928. The van der Waals surface area contributed by atoms with Crippen LogP contribution in [0.2, 0.25) is 0 Å². The molecule has 5 nitrogen and oxygen atoms in total. The Morgan fingerprint density at radius 1 is 1.26 bits per heavy atom. The normalized spacial score (nSPS) is 19.2. The average Bonchev–Trinajstić information content (AvgIpc) is 2.40. The Morgan fingerprint density at radius 3 is 2.42 bits per heavy atom. The summed E-state index contributed by atoms with van der Waals surface area (Å²) in [6.07, 6.45) is 0. The second-order valence-electron chi connectivity index (χ2n) is 5.02. The summed E-state index contributed by atoms with van der Waals surface area (Å²) in [5.41, 5.74) is 6.15. The fourth-order valence-corrected chi connectivity index (χ4v) is 3.98. The smallest absolute Gasteiger partial charge is 0.184 e. The molecule has 6 heteroatoms. The van der Waals surface area contributed by atoms with Crippen molar-refractivity contribution in [3.05, 3.63) is 24.3 Å². The van der Waals surface area contributed by atoms with E-state index in [1.54, 1.807) is 24.3 Å². The first-order valence-corrected chi connectivity index (χ1v) is 8.15. The van der Waals surface area contributed by atoms with Crippen LogP contribution in [0.4, 0.5) is 5.69 Å². The fourth-order valence-electron chi connectivity index (χ4n) is 2.34. The Kier molecular flexibility index (Phi) is 4.44. The molecule has 1 aromatic carbocycles. The predicted molar refractivity (Wildman–Crippen MR) is 73.9 cm³/mol. The minimum Gasteiger partial charge on any atom is -0.399 e. The molecule has 1 fully saturated rings. The second kappa shape index (κ2) is 5.90. The molecule has 0 unspecified atom stereocenters. The number of sulfone groups is 1. The topological polar surface area (TPSA) is 73.8 Å². The predicted octanol–water partition coefficient (Wildman–Crippen LogP) is -0.654. The highest BCUT2D eigenvalue weighted by Crippen LogP contribution is 2.13. The summed E-state index contributed by atoms with van der Waals surface area (Å²) in [5.74, 6) is 0.159. The number of anilines is 1. The molecular formula is C13H21N2O3S+. The number of ether oxygens (including phenoxy) is 1. The van der Waals surface area contributed by atoms with Crippen LogP contribution in [0.25, 0.3) is 0 Å². The van der Waals surface area contributed by atoms with Crippen molar-refractivity contribution >= 4 is 15.5 Å². The Hall–Kier alpha value is -1.11. The number of rotatable bonds is 4. The van der Waals surface area contributed by atoms with E-state index in [1.165, 1.54) is 4.90 Å². The first-order chi connectivity index (χ1) is 8.99. The molecule has 1 heterocycles. The molecule has 0 amide bonds. The molecule has 1 atom stereocenters.